The second-order valence-electron chi connectivity index (χ2n) is 10.9. The first-order valence-electron chi connectivity index (χ1n) is 15.0. The van der Waals surface area contributed by atoms with Gasteiger partial charge in [0.15, 0.2) is 0 Å². The van der Waals surface area contributed by atoms with Crippen LogP contribution in [0.4, 0.5) is 17.1 Å². The van der Waals surface area contributed by atoms with Crippen molar-refractivity contribution < 1.29 is 9.66 Å². The van der Waals surface area contributed by atoms with Crippen molar-refractivity contribution in [1.29, 1.82) is 0 Å². The van der Waals surface area contributed by atoms with E-state index in [4.69, 9.17) is 9.73 Å². The third kappa shape index (κ3) is 9.51. The highest BCUT2D eigenvalue weighted by Gasteiger charge is 2.23. The molecule has 0 aliphatic rings. The van der Waals surface area contributed by atoms with E-state index in [-0.39, 0.29) is 16.6 Å². The van der Waals surface area contributed by atoms with Crippen LogP contribution in [0, 0.1) is 10.1 Å². The van der Waals surface area contributed by atoms with Crippen molar-refractivity contribution in [3.63, 3.8) is 0 Å². The van der Waals surface area contributed by atoms with Crippen LogP contribution < -0.4 is 15.0 Å². The van der Waals surface area contributed by atoms with Crippen LogP contribution in [-0.4, -0.2) is 69.9 Å². The number of unbranched alkanes of at least 4 members (excludes halogenated alkanes) is 1. The summed E-state index contributed by atoms with van der Waals surface area (Å²) < 4.78 is 5.67. The minimum atomic E-state index is -0.379. The number of aryl methyl sites for hydroxylation is 1. The molecule has 2 aromatic carbocycles. The Morgan fingerprint density at radius 2 is 1.86 bits per heavy atom. The van der Waals surface area contributed by atoms with Gasteiger partial charge in [-0.05, 0) is 69.5 Å². The maximum absolute atomic E-state index is 12.1. The molecular weight excluding hydrogens is 540 g/mol. The Bertz CT molecular complexity index is 1360. The van der Waals surface area contributed by atoms with Gasteiger partial charge in [-0.3, -0.25) is 15.1 Å². The van der Waals surface area contributed by atoms with E-state index in [0.717, 1.165) is 55.4 Å². The summed E-state index contributed by atoms with van der Waals surface area (Å²) in [5.41, 5.74) is 7.17. The van der Waals surface area contributed by atoms with Gasteiger partial charge in [-0.1, -0.05) is 57.5 Å². The van der Waals surface area contributed by atoms with Crippen LogP contribution in [0.15, 0.2) is 58.5 Å². The Labute approximate surface area is 258 Å². The molecule has 9 nitrogen and oxygen atoms in total. The summed E-state index contributed by atoms with van der Waals surface area (Å²) in [5.74, 6) is 0.739. The van der Waals surface area contributed by atoms with Gasteiger partial charge in [0.1, 0.15) is 11.4 Å². The molecule has 0 aliphatic heterocycles. The van der Waals surface area contributed by atoms with Gasteiger partial charge in [0.25, 0.3) is 5.69 Å². The molecule has 0 bridgehead atoms. The van der Waals surface area contributed by atoms with E-state index in [2.05, 4.69) is 55.0 Å². The number of benzene rings is 2. The highest BCUT2D eigenvalue weighted by Crippen LogP contribution is 2.38. The molecule has 0 spiro atoms. The fourth-order valence-corrected chi connectivity index (χ4v) is 4.95. The molecule has 0 fully saturated rings. The number of aliphatic imine (C=N–C) groups is 2. The molecule has 0 amide bonds. The number of nitrogens with zero attached hydrogens (tertiary/aromatic N) is 5. The zero-order chi connectivity index (χ0) is 32.1. The molecular formula is C34H50N6O3. The molecule has 2 aromatic rings. The van der Waals surface area contributed by atoms with E-state index in [9.17, 15) is 10.1 Å². The second kappa shape index (κ2) is 17.2. The van der Waals surface area contributed by atoms with E-state index >= 15 is 0 Å². The number of rotatable bonds is 15. The van der Waals surface area contributed by atoms with Gasteiger partial charge in [-0.2, -0.15) is 0 Å². The van der Waals surface area contributed by atoms with Crippen molar-refractivity contribution in [1.82, 2.24) is 4.90 Å². The van der Waals surface area contributed by atoms with Crippen LogP contribution in [0.5, 0.6) is 5.75 Å². The molecule has 0 atom stereocenters. The lowest BCUT2D eigenvalue weighted by molar-refractivity contribution is -0.384. The summed E-state index contributed by atoms with van der Waals surface area (Å²) in [6, 6.07) is 9.67. The topological polar surface area (TPSA) is 95.6 Å². The smallest absolute Gasteiger partial charge is 0.294 e. The average Bonchev–Trinajstić information content (AvgIpc) is 2.98. The number of methoxy groups -OCH3 is 1. The van der Waals surface area contributed by atoms with Crippen LogP contribution in [-0.2, 0) is 12.8 Å². The fraction of sp³-hybridized carbons (Fsp3) is 0.471. The van der Waals surface area contributed by atoms with Crippen molar-refractivity contribution in [3.8, 4) is 5.75 Å². The van der Waals surface area contributed by atoms with Crippen LogP contribution >= 0.6 is 0 Å². The lowest BCUT2D eigenvalue weighted by atomic mass is 9.87. The quantitative estimate of drug-likeness (QED) is 0.100. The molecule has 0 unspecified atom stereocenters. The first-order chi connectivity index (χ1) is 20.5. The maximum Gasteiger partial charge on any atom is 0.294 e. The number of likely N-dealkylation sites (N-methyl/N-ethyl adjacent to an activating group) is 2. The number of anilines is 2. The Kier molecular flexibility index (Phi) is 14.1. The highest BCUT2D eigenvalue weighted by molar-refractivity contribution is 6.34. The summed E-state index contributed by atoms with van der Waals surface area (Å²) >= 11 is 0. The molecule has 0 saturated heterocycles. The van der Waals surface area contributed by atoms with Gasteiger partial charge in [0, 0.05) is 44.9 Å². The summed E-state index contributed by atoms with van der Waals surface area (Å²) in [4.78, 5) is 25.0. The Hall–Kier alpha value is -3.98. The van der Waals surface area contributed by atoms with Crippen molar-refractivity contribution in [2.24, 2.45) is 9.98 Å². The summed E-state index contributed by atoms with van der Waals surface area (Å²) in [6.45, 7) is 14.0. The largest absolute Gasteiger partial charge is 0.494 e. The molecule has 0 heterocycles. The van der Waals surface area contributed by atoms with Crippen LogP contribution in [0.2, 0.25) is 0 Å². The number of nitrogens with one attached hydrogen (secondary N) is 1. The third-order valence-electron chi connectivity index (χ3n) is 7.27. The minimum Gasteiger partial charge on any atom is -0.494 e. The van der Waals surface area contributed by atoms with Crippen molar-refractivity contribution >= 4 is 34.3 Å². The number of guanidine groups is 1. The summed E-state index contributed by atoms with van der Waals surface area (Å²) in [5, 5.41) is 15.3. The molecule has 0 aromatic heterocycles. The van der Waals surface area contributed by atoms with Crippen molar-refractivity contribution in [3.05, 3.63) is 75.4 Å². The van der Waals surface area contributed by atoms with E-state index in [1.54, 1.807) is 20.2 Å². The van der Waals surface area contributed by atoms with Gasteiger partial charge in [0.05, 0.1) is 23.4 Å². The molecule has 9 heteroatoms. The predicted octanol–water partition coefficient (Wildman–Crippen LogP) is 7.41. The zero-order valence-electron chi connectivity index (χ0n) is 27.6. The number of nitro groups is 1. The number of ether oxygens (including phenoxy) is 1. The van der Waals surface area contributed by atoms with Crippen LogP contribution in [0.3, 0.4) is 0 Å². The van der Waals surface area contributed by atoms with Gasteiger partial charge < -0.3 is 19.9 Å². The molecule has 1 N–H and O–H groups in total. The minimum absolute atomic E-state index is 0.0358. The Morgan fingerprint density at radius 3 is 2.40 bits per heavy atom. The SMILES string of the molecule is C=C(C)C(=N\C(=NC)Nc1cc([N+](=O)[O-])c(N(C)CCN(C)C)cc1OC)/C(=C/C)c1cccc(CCCC)c1CCC. The average molecular weight is 591 g/mol. The van der Waals surface area contributed by atoms with E-state index in [0.29, 0.717) is 29.4 Å². The normalized spacial score (nSPS) is 12.5. The Morgan fingerprint density at radius 1 is 1.14 bits per heavy atom. The van der Waals surface area contributed by atoms with E-state index < -0.39 is 0 Å². The van der Waals surface area contributed by atoms with Crippen molar-refractivity contribution in [2.75, 3.05) is 58.6 Å². The van der Waals surface area contributed by atoms with Crippen LogP contribution in [0.25, 0.3) is 5.57 Å². The third-order valence-corrected chi connectivity index (χ3v) is 7.27. The number of hydrogen-bond donors (Lipinski definition) is 1. The van der Waals surface area contributed by atoms with Gasteiger partial charge >= 0.3 is 0 Å². The predicted molar refractivity (Wildman–Crippen MR) is 183 cm³/mol. The second-order valence-corrected chi connectivity index (χ2v) is 10.9. The standard InChI is InChI=1S/C34H50N6O3/c1-11-14-17-25-18-15-19-28(27(25)16-12-2)26(13-3)33(24(4)5)37-34(35-6)36-29-22-31(40(41)42)30(23-32(29)43-10)39(9)21-20-38(7)8/h13,15,18-19,22-23H,4,11-12,14,16-17,20-21H2,1-3,5-10H3,(H,35,36)/b26-13+,37-33+. The number of allylic oxidation sites excluding steroid dienone is 3. The molecule has 234 valence electrons. The first-order valence-corrected chi connectivity index (χ1v) is 15.0. The van der Waals surface area contributed by atoms with Gasteiger partial charge in [-0.25, -0.2) is 4.99 Å². The summed E-state index contributed by atoms with van der Waals surface area (Å²) in [6.07, 6.45) is 7.40. The maximum atomic E-state index is 12.1. The van der Waals surface area contributed by atoms with E-state index in [1.807, 2.05) is 44.8 Å². The zero-order valence-corrected chi connectivity index (χ0v) is 27.6. The lowest BCUT2D eigenvalue weighted by Crippen LogP contribution is -2.29. The number of hydrogen-bond acceptors (Lipinski definition) is 6. The van der Waals surface area contributed by atoms with Gasteiger partial charge in [0.2, 0.25) is 5.96 Å². The monoisotopic (exact) mass is 590 g/mol. The molecule has 0 aliphatic carbocycles. The van der Waals surface area contributed by atoms with E-state index in [1.165, 1.54) is 17.2 Å². The Balaban J connectivity index is 2.60. The fourth-order valence-electron chi connectivity index (χ4n) is 4.95. The highest BCUT2D eigenvalue weighted by atomic mass is 16.6. The summed E-state index contributed by atoms with van der Waals surface area (Å²) in [7, 11) is 8.95. The molecule has 0 radical (unpaired) electrons. The molecule has 0 saturated carbocycles. The molecule has 2 rings (SSSR count). The van der Waals surface area contributed by atoms with Crippen LogP contribution in [0.1, 0.15) is 63.6 Å². The van der Waals surface area contributed by atoms with Gasteiger partial charge in [-0.15, -0.1) is 0 Å². The lowest BCUT2D eigenvalue weighted by Gasteiger charge is -2.23. The van der Waals surface area contributed by atoms with Crippen molar-refractivity contribution in [2.45, 2.75) is 59.8 Å². The molecule has 43 heavy (non-hydrogen) atoms. The number of nitro benzene ring substituents is 1. The first kappa shape index (κ1) is 35.2.